The average molecular weight is 275 g/mol. The number of hydrogen-bond donors (Lipinski definition) is 4. The molecule has 1 saturated carbocycles. The topological polar surface area (TPSA) is 82.1 Å². The molecule has 4 nitrogen and oxygen atoms in total. The second-order valence-electron chi connectivity index (χ2n) is 5.72. The minimum absolute atomic E-state index is 0.0379. The van der Waals surface area contributed by atoms with Gasteiger partial charge in [-0.15, -0.1) is 0 Å². The molecule has 2 rings (SSSR count). The Morgan fingerprint density at radius 1 is 1.25 bits per heavy atom. The molecule has 4 heteroatoms. The first kappa shape index (κ1) is 14.9. The van der Waals surface area contributed by atoms with Crippen molar-refractivity contribution in [1.29, 1.82) is 5.41 Å². The molecule has 1 aliphatic rings. The summed E-state index contributed by atoms with van der Waals surface area (Å²) in [6.07, 6.45) is 6.39. The Kier molecular flexibility index (Phi) is 5.01. The summed E-state index contributed by atoms with van der Waals surface area (Å²) >= 11 is 0. The van der Waals surface area contributed by atoms with Crippen LogP contribution >= 0.6 is 0 Å². The highest BCUT2D eigenvalue weighted by atomic mass is 16.3. The molecular formula is C16H25N3O. The summed E-state index contributed by atoms with van der Waals surface area (Å²) in [5, 5.41) is 21.3. The second-order valence-corrected chi connectivity index (χ2v) is 5.72. The van der Waals surface area contributed by atoms with Crippen molar-refractivity contribution < 1.29 is 5.11 Å². The molecule has 1 atom stereocenters. The van der Waals surface area contributed by atoms with E-state index in [2.05, 4.69) is 5.32 Å². The van der Waals surface area contributed by atoms with Gasteiger partial charge in [0.2, 0.25) is 0 Å². The number of nitrogens with two attached hydrogens (primary N) is 1. The first-order chi connectivity index (χ1) is 9.63. The van der Waals surface area contributed by atoms with Crippen LogP contribution in [-0.2, 0) is 5.60 Å². The molecule has 110 valence electrons. The molecule has 20 heavy (non-hydrogen) atoms. The van der Waals surface area contributed by atoms with Gasteiger partial charge in [0.15, 0.2) is 5.96 Å². The summed E-state index contributed by atoms with van der Waals surface area (Å²) in [6, 6.07) is 9.92. The molecule has 0 heterocycles. The third-order valence-corrected chi connectivity index (χ3v) is 4.38. The van der Waals surface area contributed by atoms with Crippen LogP contribution < -0.4 is 11.1 Å². The third kappa shape index (κ3) is 3.51. The van der Waals surface area contributed by atoms with Crippen molar-refractivity contribution in [2.75, 3.05) is 6.54 Å². The molecule has 5 N–H and O–H groups in total. The number of benzene rings is 1. The minimum atomic E-state index is -0.815. The van der Waals surface area contributed by atoms with E-state index in [9.17, 15) is 5.11 Å². The highest BCUT2D eigenvalue weighted by molar-refractivity contribution is 5.74. The van der Waals surface area contributed by atoms with E-state index in [1.165, 1.54) is 19.3 Å². The highest BCUT2D eigenvalue weighted by Crippen LogP contribution is 2.41. The van der Waals surface area contributed by atoms with E-state index in [0.717, 1.165) is 18.4 Å². The summed E-state index contributed by atoms with van der Waals surface area (Å²) in [7, 11) is 0. The van der Waals surface area contributed by atoms with Gasteiger partial charge >= 0.3 is 0 Å². The standard InChI is InChI=1S/C16H25N3O/c17-15(18)19-12-11-16(20,13-7-3-1-4-8-13)14-9-5-2-6-10-14/h1,3-4,7-8,14,20H,2,5-6,9-12H2,(H4,17,18,19). The molecule has 1 aromatic carbocycles. The predicted octanol–water partition coefficient (Wildman–Crippen LogP) is 2.33. The number of aliphatic hydroxyl groups is 1. The normalized spacial score (nSPS) is 19.2. The van der Waals surface area contributed by atoms with E-state index in [4.69, 9.17) is 11.1 Å². The lowest BCUT2D eigenvalue weighted by Gasteiger charge is -2.39. The highest BCUT2D eigenvalue weighted by Gasteiger charge is 2.38. The molecule has 0 amide bonds. The van der Waals surface area contributed by atoms with Gasteiger partial charge in [0.25, 0.3) is 0 Å². The number of rotatable bonds is 5. The van der Waals surface area contributed by atoms with E-state index in [-0.39, 0.29) is 5.96 Å². The predicted molar refractivity (Wildman–Crippen MR) is 81.4 cm³/mol. The molecule has 1 aromatic rings. The molecule has 0 aromatic heterocycles. The maximum absolute atomic E-state index is 11.3. The van der Waals surface area contributed by atoms with Crippen LogP contribution in [0.15, 0.2) is 30.3 Å². The monoisotopic (exact) mass is 275 g/mol. The summed E-state index contributed by atoms with van der Waals surface area (Å²) < 4.78 is 0. The Morgan fingerprint density at radius 3 is 2.50 bits per heavy atom. The van der Waals surface area contributed by atoms with Gasteiger partial charge < -0.3 is 16.2 Å². The molecule has 1 unspecified atom stereocenters. The summed E-state index contributed by atoms with van der Waals surface area (Å²) in [6.45, 7) is 0.525. The fourth-order valence-corrected chi connectivity index (χ4v) is 3.28. The Bertz CT molecular complexity index is 429. The zero-order valence-corrected chi connectivity index (χ0v) is 11.9. The lowest BCUT2D eigenvalue weighted by molar-refractivity contribution is -0.0448. The Hall–Kier alpha value is -1.55. The average Bonchev–Trinajstić information content (AvgIpc) is 2.48. The Balaban J connectivity index is 2.15. The van der Waals surface area contributed by atoms with Crippen LogP contribution in [0.5, 0.6) is 0 Å². The third-order valence-electron chi connectivity index (χ3n) is 4.38. The zero-order valence-electron chi connectivity index (χ0n) is 11.9. The fourth-order valence-electron chi connectivity index (χ4n) is 3.28. The van der Waals surface area contributed by atoms with Crippen LogP contribution in [0.1, 0.15) is 44.1 Å². The van der Waals surface area contributed by atoms with Crippen molar-refractivity contribution in [3.8, 4) is 0 Å². The van der Waals surface area contributed by atoms with E-state index in [1.807, 2.05) is 30.3 Å². The number of hydrogen-bond acceptors (Lipinski definition) is 2. The van der Waals surface area contributed by atoms with Gasteiger partial charge in [0, 0.05) is 6.54 Å². The molecule has 0 bridgehead atoms. The summed E-state index contributed by atoms with van der Waals surface area (Å²) in [5.41, 5.74) is 5.50. The van der Waals surface area contributed by atoms with Crippen molar-refractivity contribution in [2.24, 2.45) is 11.7 Å². The van der Waals surface area contributed by atoms with Crippen molar-refractivity contribution >= 4 is 5.96 Å². The minimum Gasteiger partial charge on any atom is -0.385 e. The molecule has 0 radical (unpaired) electrons. The second kappa shape index (κ2) is 6.75. The van der Waals surface area contributed by atoms with E-state index < -0.39 is 5.60 Å². The molecule has 0 spiro atoms. The van der Waals surface area contributed by atoms with Gasteiger partial charge in [-0.25, -0.2) is 0 Å². The molecule has 1 fully saturated rings. The zero-order chi connectivity index (χ0) is 14.4. The largest absolute Gasteiger partial charge is 0.385 e. The van der Waals surface area contributed by atoms with Gasteiger partial charge in [-0.3, -0.25) is 5.41 Å². The smallest absolute Gasteiger partial charge is 0.185 e. The van der Waals surface area contributed by atoms with E-state index in [1.54, 1.807) is 0 Å². The first-order valence-corrected chi connectivity index (χ1v) is 7.49. The van der Waals surface area contributed by atoms with Gasteiger partial charge in [-0.2, -0.15) is 0 Å². The van der Waals surface area contributed by atoms with Gasteiger partial charge in [0.1, 0.15) is 0 Å². The van der Waals surface area contributed by atoms with Crippen molar-refractivity contribution in [3.05, 3.63) is 35.9 Å². The Morgan fingerprint density at radius 2 is 1.90 bits per heavy atom. The number of nitrogens with one attached hydrogen (secondary N) is 2. The lowest BCUT2D eigenvalue weighted by atomic mass is 9.72. The lowest BCUT2D eigenvalue weighted by Crippen LogP contribution is -2.41. The van der Waals surface area contributed by atoms with Crippen molar-refractivity contribution in [1.82, 2.24) is 5.32 Å². The van der Waals surface area contributed by atoms with Crippen molar-refractivity contribution in [3.63, 3.8) is 0 Å². The van der Waals surface area contributed by atoms with Crippen LogP contribution in [0.4, 0.5) is 0 Å². The van der Waals surface area contributed by atoms with E-state index >= 15 is 0 Å². The fraction of sp³-hybridized carbons (Fsp3) is 0.562. The van der Waals surface area contributed by atoms with E-state index in [0.29, 0.717) is 18.9 Å². The van der Waals surface area contributed by atoms with Gasteiger partial charge in [0.05, 0.1) is 5.60 Å². The maximum Gasteiger partial charge on any atom is 0.185 e. The summed E-state index contributed by atoms with van der Waals surface area (Å²) in [5.74, 6) is 0.261. The summed E-state index contributed by atoms with van der Waals surface area (Å²) in [4.78, 5) is 0. The molecule has 0 aliphatic heterocycles. The van der Waals surface area contributed by atoms with Crippen LogP contribution in [-0.4, -0.2) is 17.6 Å². The molecule has 1 aliphatic carbocycles. The molecular weight excluding hydrogens is 250 g/mol. The van der Waals surface area contributed by atoms with Gasteiger partial charge in [-0.05, 0) is 30.7 Å². The number of guanidine groups is 1. The Labute approximate surface area is 120 Å². The van der Waals surface area contributed by atoms with Gasteiger partial charge in [-0.1, -0.05) is 49.6 Å². The van der Waals surface area contributed by atoms with Crippen LogP contribution in [0.3, 0.4) is 0 Å². The molecule has 0 saturated heterocycles. The van der Waals surface area contributed by atoms with Crippen molar-refractivity contribution in [2.45, 2.75) is 44.1 Å². The first-order valence-electron chi connectivity index (χ1n) is 7.49. The SMILES string of the molecule is N=C(N)NCCC(O)(c1ccccc1)C1CCCCC1. The quantitative estimate of drug-likeness (QED) is 0.492. The van der Waals surface area contributed by atoms with Crippen LogP contribution in [0.25, 0.3) is 0 Å². The van der Waals surface area contributed by atoms with Crippen LogP contribution in [0.2, 0.25) is 0 Å². The maximum atomic E-state index is 11.3. The van der Waals surface area contributed by atoms with Crippen LogP contribution in [0, 0.1) is 11.3 Å².